The molecule has 146 valence electrons. The van der Waals surface area contributed by atoms with Crippen LogP contribution in [0.5, 0.6) is 0 Å². The molecule has 0 aromatic carbocycles. The third kappa shape index (κ3) is 2.78. The fourth-order valence-electron chi connectivity index (χ4n) is 4.23. The summed E-state index contributed by atoms with van der Waals surface area (Å²) in [7, 11) is 0. The first-order chi connectivity index (χ1) is 14.3. The van der Waals surface area contributed by atoms with E-state index in [1.807, 2.05) is 40.4 Å². The van der Waals surface area contributed by atoms with E-state index in [1.165, 1.54) is 28.7 Å². The molecule has 5 heterocycles. The first-order valence-corrected chi connectivity index (χ1v) is 10.8. The van der Waals surface area contributed by atoms with E-state index in [1.54, 1.807) is 17.0 Å². The Kier molecular flexibility index (Phi) is 3.80. The maximum atomic E-state index is 5.99. The molecule has 0 radical (unpaired) electrons. The van der Waals surface area contributed by atoms with Gasteiger partial charge in [0.15, 0.2) is 11.4 Å². The number of fused-ring (bicyclic) bond motifs is 5. The summed E-state index contributed by atoms with van der Waals surface area (Å²) in [6.45, 7) is 2.87. The number of nitrogens with zero attached hydrogens (tertiary/aromatic N) is 6. The third-order valence-corrected chi connectivity index (χ3v) is 6.99. The minimum atomic E-state index is 0.586. The van der Waals surface area contributed by atoms with Crippen LogP contribution in [0, 0.1) is 5.92 Å². The molecule has 1 atom stereocenters. The first-order valence-electron chi connectivity index (χ1n) is 10.0. The van der Waals surface area contributed by atoms with Crippen molar-refractivity contribution in [2.75, 3.05) is 0 Å². The highest BCUT2D eigenvalue weighted by Gasteiger charge is 2.25. The van der Waals surface area contributed by atoms with Crippen molar-refractivity contribution >= 4 is 27.2 Å². The van der Waals surface area contributed by atoms with Gasteiger partial charge in [-0.25, -0.2) is 14.5 Å². The molecular weight excluding hydrogens is 384 g/mol. The zero-order valence-corrected chi connectivity index (χ0v) is 16.9. The number of aryl methyl sites for hydroxylation is 1. The first kappa shape index (κ1) is 16.9. The van der Waals surface area contributed by atoms with E-state index in [0.29, 0.717) is 18.1 Å². The molecule has 0 saturated heterocycles. The number of hydrogen-bond acceptors (Lipinski definition) is 6. The van der Waals surface area contributed by atoms with Gasteiger partial charge in [-0.3, -0.25) is 4.68 Å². The van der Waals surface area contributed by atoms with E-state index < -0.39 is 0 Å². The molecule has 0 fully saturated rings. The molecular formula is C21H20N6OS. The van der Waals surface area contributed by atoms with Gasteiger partial charge in [0.2, 0.25) is 5.82 Å². The van der Waals surface area contributed by atoms with Crippen LogP contribution in [-0.4, -0.2) is 29.4 Å². The Morgan fingerprint density at radius 1 is 1.31 bits per heavy atom. The molecule has 0 N–H and O–H groups in total. The Hall–Kier alpha value is -3.00. The van der Waals surface area contributed by atoms with Crippen molar-refractivity contribution in [3.63, 3.8) is 0 Å². The van der Waals surface area contributed by atoms with Gasteiger partial charge in [0, 0.05) is 17.3 Å². The molecule has 0 aliphatic heterocycles. The van der Waals surface area contributed by atoms with Crippen LogP contribution in [0.4, 0.5) is 0 Å². The predicted octanol–water partition coefficient (Wildman–Crippen LogP) is 4.36. The average molecular weight is 404 g/mol. The number of furan rings is 1. The van der Waals surface area contributed by atoms with E-state index in [9.17, 15) is 0 Å². The van der Waals surface area contributed by atoms with Crippen LogP contribution in [0.1, 0.15) is 36.0 Å². The molecule has 0 amide bonds. The van der Waals surface area contributed by atoms with Crippen LogP contribution in [0.15, 0.2) is 41.3 Å². The van der Waals surface area contributed by atoms with Crippen molar-refractivity contribution < 1.29 is 4.42 Å². The second kappa shape index (κ2) is 6.52. The number of rotatable bonds is 4. The molecule has 29 heavy (non-hydrogen) atoms. The Bertz CT molecular complexity index is 1310. The van der Waals surface area contributed by atoms with Gasteiger partial charge in [-0.1, -0.05) is 13.3 Å². The van der Waals surface area contributed by atoms with Gasteiger partial charge in [0.1, 0.15) is 16.9 Å². The van der Waals surface area contributed by atoms with Crippen molar-refractivity contribution in [1.29, 1.82) is 0 Å². The van der Waals surface area contributed by atoms with Gasteiger partial charge in [-0.2, -0.15) is 5.10 Å². The van der Waals surface area contributed by atoms with Gasteiger partial charge in [0.25, 0.3) is 0 Å². The summed E-state index contributed by atoms with van der Waals surface area (Å²) in [5.41, 5.74) is 2.30. The summed E-state index contributed by atoms with van der Waals surface area (Å²) in [5, 5.41) is 10.0. The molecule has 6 rings (SSSR count). The highest BCUT2D eigenvalue weighted by molar-refractivity contribution is 7.19. The molecule has 1 aliphatic rings. The molecule has 5 aromatic heterocycles. The zero-order valence-electron chi connectivity index (χ0n) is 16.1. The predicted molar refractivity (Wildman–Crippen MR) is 111 cm³/mol. The second-order valence-corrected chi connectivity index (χ2v) is 8.70. The smallest absolute Gasteiger partial charge is 0.217 e. The highest BCUT2D eigenvalue weighted by atomic mass is 32.1. The molecule has 0 unspecified atom stereocenters. The molecule has 5 aromatic rings. The Balaban J connectivity index is 1.41. The second-order valence-electron chi connectivity index (χ2n) is 7.62. The molecule has 0 saturated carbocycles. The lowest BCUT2D eigenvalue weighted by molar-refractivity contribution is 0.451. The standard InChI is InChI=1S/C21H20N6OS/c1-2-13-4-6-15-17(10-13)29-21-18(15)20-24-19(25-27(20)12-22-21)16-7-5-14(28-16)11-26-9-3-8-23-26/h3,5,7-9,12-13H,2,4,6,10-11H2,1H3/t13-/m0/s1. The number of hydrogen-bond donors (Lipinski definition) is 0. The fourth-order valence-corrected chi connectivity index (χ4v) is 5.53. The number of thiophene rings is 1. The molecule has 1 aliphatic carbocycles. The minimum Gasteiger partial charge on any atom is -0.456 e. The van der Waals surface area contributed by atoms with Crippen LogP contribution >= 0.6 is 11.3 Å². The van der Waals surface area contributed by atoms with Crippen LogP contribution < -0.4 is 0 Å². The molecule has 0 spiro atoms. The third-order valence-electron chi connectivity index (χ3n) is 5.82. The Morgan fingerprint density at radius 2 is 2.28 bits per heavy atom. The molecule has 0 bridgehead atoms. The van der Waals surface area contributed by atoms with Crippen LogP contribution in [0.3, 0.4) is 0 Å². The Morgan fingerprint density at radius 3 is 3.14 bits per heavy atom. The van der Waals surface area contributed by atoms with E-state index >= 15 is 0 Å². The monoisotopic (exact) mass is 404 g/mol. The highest BCUT2D eigenvalue weighted by Crippen LogP contribution is 2.39. The SMILES string of the molecule is CC[C@H]1CCc2c(sc3ncn4nc(-c5ccc(Cn6cccn6)o5)nc4c23)C1. The topological polar surface area (TPSA) is 74.0 Å². The minimum absolute atomic E-state index is 0.586. The van der Waals surface area contributed by atoms with Gasteiger partial charge in [-0.15, -0.1) is 16.4 Å². The molecule has 8 heteroatoms. The van der Waals surface area contributed by atoms with E-state index in [4.69, 9.17) is 9.40 Å². The van der Waals surface area contributed by atoms with Crippen LogP contribution in [-0.2, 0) is 19.4 Å². The van der Waals surface area contributed by atoms with E-state index in [0.717, 1.165) is 35.0 Å². The lowest BCUT2D eigenvalue weighted by Crippen LogP contribution is -2.11. The van der Waals surface area contributed by atoms with Crippen molar-refractivity contribution in [3.05, 3.63) is 53.1 Å². The van der Waals surface area contributed by atoms with Crippen molar-refractivity contribution in [3.8, 4) is 11.6 Å². The van der Waals surface area contributed by atoms with Gasteiger partial charge in [-0.05, 0) is 48.9 Å². The summed E-state index contributed by atoms with van der Waals surface area (Å²) >= 11 is 1.82. The number of aromatic nitrogens is 6. The largest absolute Gasteiger partial charge is 0.456 e. The van der Waals surface area contributed by atoms with Crippen molar-refractivity contribution in [2.45, 2.75) is 39.2 Å². The summed E-state index contributed by atoms with van der Waals surface area (Å²) in [4.78, 5) is 12.0. The maximum absolute atomic E-state index is 5.99. The lowest BCUT2D eigenvalue weighted by atomic mass is 9.86. The van der Waals surface area contributed by atoms with E-state index in [-0.39, 0.29) is 0 Å². The zero-order chi connectivity index (χ0) is 19.4. The van der Waals surface area contributed by atoms with Crippen molar-refractivity contribution in [1.82, 2.24) is 29.4 Å². The maximum Gasteiger partial charge on any atom is 0.217 e. The summed E-state index contributed by atoms with van der Waals surface area (Å²) in [6.07, 6.45) is 10.2. The average Bonchev–Trinajstić information content (AvgIpc) is 3.51. The van der Waals surface area contributed by atoms with Gasteiger partial charge >= 0.3 is 0 Å². The normalized spacial score (nSPS) is 16.7. The van der Waals surface area contributed by atoms with Crippen LogP contribution in [0.2, 0.25) is 0 Å². The summed E-state index contributed by atoms with van der Waals surface area (Å²) in [5.74, 6) is 2.87. The molecule has 7 nitrogen and oxygen atoms in total. The fraction of sp³-hybridized carbons (Fsp3) is 0.333. The van der Waals surface area contributed by atoms with Crippen LogP contribution in [0.25, 0.3) is 27.4 Å². The van der Waals surface area contributed by atoms with E-state index in [2.05, 4.69) is 22.1 Å². The van der Waals surface area contributed by atoms with Gasteiger partial charge in [0.05, 0.1) is 11.9 Å². The Labute approximate surface area is 171 Å². The van der Waals surface area contributed by atoms with Crippen molar-refractivity contribution in [2.24, 2.45) is 5.92 Å². The quantitative estimate of drug-likeness (QED) is 0.445. The summed E-state index contributed by atoms with van der Waals surface area (Å²) < 4.78 is 9.60. The lowest BCUT2D eigenvalue weighted by Gasteiger charge is -2.20. The van der Waals surface area contributed by atoms with Gasteiger partial charge < -0.3 is 4.42 Å². The summed E-state index contributed by atoms with van der Waals surface area (Å²) in [6, 6.07) is 5.77.